The normalized spacial score (nSPS) is 17.7. The molecular weight excluding hydrogens is 278 g/mol. The zero-order valence-electron chi connectivity index (χ0n) is 11.3. The Bertz CT molecular complexity index is 615. The van der Waals surface area contributed by atoms with Crippen molar-refractivity contribution in [3.8, 4) is 0 Å². The van der Waals surface area contributed by atoms with E-state index in [0.29, 0.717) is 6.04 Å². The van der Waals surface area contributed by atoms with Gasteiger partial charge in [-0.3, -0.25) is 0 Å². The van der Waals surface area contributed by atoms with Gasteiger partial charge in [0.2, 0.25) is 0 Å². The van der Waals surface area contributed by atoms with Crippen LogP contribution in [-0.2, 0) is 12.1 Å². The van der Waals surface area contributed by atoms with E-state index in [2.05, 4.69) is 15.4 Å². The smallest absolute Gasteiger partial charge is 0.137 e. The number of aromatic nitrogens is 3. The van der Waals surface area contributed by atoms with Gasteiger partial charge < -0.3 is 10.4 Å². The molecule has 7 heteroatoms. The van der Waals surface area contributed by atoms with Crippen LogP contribution in [0.3, 0.4) is 0 Å². The maximum absolute atomic E-state index is 14.0. The predicted octanol–water partition coefficient (Wildman–Crippen LogP) is 1.20. The largest absolute Gasteiger partial charge is 0.382 e. The molecular formula is C14H16F2N4O. The number of benzene rings is 1. The second-order valence-electron chi connectivity index (χ2n) is 5.40. The van der Waals surface area contributed by atoms with E-state index in [-0.39, 0.29) is 18.7 Å². The molecule has 0 spiro atoms. The number of nitrogens with zero attached hydrogens (tertiary/aromatic N) is 3. The average molecular weight is 294 g/mol. The van der Waals surface area contributed by atoms with Gasteiger partial charge in [-0.15, -0.1) is 0 Å². The summed E-state index contributed by atoms with van der Waals surface area (Å²) >= 11 is 0. The summed E-state index contributed by atoms with van der Waals surface area (Å²) in [6.45, 7) is 0.204. The SMILES string of the molecule is OC(CNC1CC1)(Cn1cncn1)c1ccc(F)cc1F. The summed E-state index contributed by atoms with van der Waals surface area (Å²) in [5, 5.41) is 18.0. The molecule has 21 heavy (non-hydrogen) atoms. The van der Waals surface area contributed by atoms with E-state index in [0.717, 1.165) is 25.0 Å². The molecule has 2 aromatic rings. The van der Waals surface area contributed by atoms with Crippen molar-refractivity contribution >= 4 is 0 Å². The molecule has 1 aliphatic carbocycles. The molecule has 0 bridgehead atoms. The first-order valence-electron chi connectivity index (χ1n) is 6.80. The van der Waals surface area contributed by atoms with E-state index in [1.807, 2.05) is 0 Å². The fourth-order valence-corrected chi connectivity index (χ4v) is 2.29. The van der Waals surface area contributed by atoms with Crippen LogP contribution in [-0.4, -0.2) is 32.5 Å². The van der Waals surface area contributed by atoms with Gasteiger partial charge in [-0.25, -0.2) is 18.4 Å². The minimum Gasteiger partial charge on any atom is -0.382 e. The Balaban J connectivity index is 1.89. The van der Waals surface area contributed by atoms with Crippen LogP contribution in [0.25, 0.3) is 0 Å². The minimum absolute atomic E-state index is 0.0370. The predicted molar refractivity (Wildman–Crippen MR) is 71.3 cm³/mol. The van der Waals surface area contributed by atoms with Crippen molar-refractivity contribution < 1.29 is 13.9 Å². The lowest BCUT2D eigenvalue weighted by atomic mass is 9.92. The standard InChI is InChI=1S/C14H16F2N4O/c15-10-1-4-12(13(16)5-10)14(21,6-18-11-2-3-11)7-20-9-17-8-19-20/h1,4-5,8-9,11,18,21H,2-3,6-7H2. The van der Waals surface area contributed by atoms with Crippen LogP contribution in [0.1, 0.15) is 18.4 Å². The first-order valence-corrected chi connectivity index (χ1v) is 6.80. The molecule has 0 aliphatic heterocycles. The molecule has 5 nitrogen and oxygen atoms in total. The van der Waals surface area contributed by atoms with E-state index in [1.54, 1.807) is 0 Å². The van der Waals surface area contributed by atoms with E-state index in [9.17, 15) is 13.9 Å². The number of nitrogens with one attached hydrogen (secondary N) is 1. The minimum atomic E-state index is -1.52. The number of hydrogen-bond acceptors (Lipinski definition) is 4. The van der Waals surface area contributed by atoms with Gasteiger partial charge in [0.25, 0.3) is 0 Å². The lowest BCUT2D eigenvalue weighted by Gasteiger charge is -2.29. The molecule has 112 valence electrons. The number of aliphatic hydroxyl groups is 1. The highest BCUT2D eigenvalue weighted by Crippen LogP contribution is 2.28. The van der Waals surface area contributed by atoms with Crippen molar-refractivity contribution in [2.24, 2.45) is 0 Å². The van der Waals surface area contributed by atoms with E-state index in [4.69, 9.17) is 0 Å². The zero-order valence-corrected chi connectivity index (χ0v) is 11.3. The Morgan fingerprint density at radius 2 is 2.19 bits per heavy atom. The van der Waals surface area contributed by atoms with Gasteiger partial charge in [-0.2, -0.15) is 5.10 Å². The van der Waals surface area contributed by atoms with E-state index in [1.165, 1.54) is 23.4 Å². The van der Waals surface area contributed by atoms with Gasteiger partial charge >= 0.3 is 0 Å². The van der Waals surface area contributed by atoms with Crippen LogP contribution in [0.5, 0.6) is 0 Å². The summed E-state index contributed by atoms with van der Waals surface area (Å²) in [7, 11) is 0. The molecule has 3 rings (SSSR count). The van der Waals surface area contributed by atoms with Crippen LogP contribution in [0.4, 0.5) is 8.78 Å². The molecule has 2 N–H and O–H groups in total. The summed E-state index contributed by atoms with van der Waals surface area (Å²) < 4.78 is 28.5. The summed E-state index contributed by atoms with van der Waals surface area (Å²) in [6.07, 6.45) is 4.88. The van der Waals surface area contributed by atoms with Crippen molar-refractivity contribution in [2.75, 3.05) is 6.54 Å². The summed E-state index contributed by atoms with van der Waals surface area (Å²) in [4.78, 5) is 3.81. The first-order chi connectivity index (χ1) is 10.1. The van der Waals surface area contributed by atoms with Crippen molar-refractivity contribution in [1.29, 1.82) is 0 Å². The highest BCUT2D eigenvalue weighted by molar-refractivity contribution is 5.25. The Labute approximate surface area is 120 Å². The summed E-state index contributed by atoms with van der Waals surface area (Å²) in [5.41, 5.74) is -1.47. The molecule has 1 aromatic heterocycles. The summed E-state index contributed by atoms with van der Waals surface area (Å²) in [6, 6.07) is 3.55. The van der Waals surface area contributed by atoms with Crippen molar-refractivity contribution in [1.82, 2.24) is 20.1 Å². The van der Waals surface area contributed by atoms with Gasteiger partial charge in [0, 0.05) is 24.2 Å². The van der Waals surface area contributed by atoms with Gasteiger partial charge in [-0.05, 0) is 18.9 Å². The third-order valence-corrected chi connectivity index (χ3v) is 3.58. The monoisotopic (exact) mass is 294 g/mol. The molecule has 0 saturated heterocycles. The first kappa shape index (κ1) is 14.1. The maximum Gasteiger partial charge on any atom is 0.137 e. The average Bonchev–Trinajstić information content (AvgIpc) is 3.14. The lowest BCUT2D eigenvalue weighted by Crippen LogP contribution is -2.43. The second-order valence-corrected chi connectivity index (χ2v) is 5.40. The Kier molecular flexibility index (Phi) is 3.69. The highest BCUT2D eigenvalue weighted by Gasteiger charge is 2.35. The van der Waals surface area contributed by atoms with Crippen molar-refractivity contribution in [3.63, 3.8) is 0 Å². The molecule has 1 atom stereocenters. The molecule has 1 fully saturated rings. The molecule has 0 radical (unpaired) electrons. The molecule has 0 amide bonds. The fraction of sp³-hybridized carbons (Fsp3) is 0.429. The van der Waals surface area contributed by atoms with Crippen LogP contribution in [0.2, 0.25) is 0 Å². The van der Waals surface area contributed by atoms with Crippen LogP contribution >= 0.6 is 0 Å². The molecule has 1 aromatic carbocycles. The Morgan fingerprint density at radius 1 is 1.38 bits per heavy atom. The Morgan fingerprint density at radius 3 is 2.81 bits per heavy atom. The maximum atomic E-state index is 14.0. The number of rotatable bonds is 6. The second kappa shape index (κ2) is 5.50. The van der Waals surface area contributed by atoms with Gasteiger partial charge in [-0.1, -0.05) is 6.07 Å². The van der Waals surface area contributed by atoms with Crippen molar-refractivity contribution in [2.45, 2.75) is 31.0 Å². The van der Waals surface area contributed by atoms with Crippen LogP contribution in [0.15, 0.2) is 30.9 Å². The van der Waals surface area contributed by atoms with Gasteiger partial charge in [0.1, 0.15) is 29.9 Å². The fourth-order valence-electron chi connectivity index (χ4n) is 2.29. The quantitative estimate of drug-likeness (QED) is 0.840. The third kappa shape index (κ3) is 3.25. The number of hydrogen-bond donors (Lipinski definition) is 2. The molecule has 1 heterocycles. The Hall–Kier alpha value is -1.86. The van der Waals surface area contributed by atoms with Gasteiger partial charge in [0.15, 0.2) is 0 Å². The van der Waals surface area contributed by atoms with Crippen LogP contribution in [0, 0.1) is 11.6 Å². The molecule has 1 unspecified atom stereocenters. The van der Waals surface area contributed by atoms with Crippen LogP contribution < -0.4 is 5.32 Å². The third-order valence-electron chi connectivity index (χ3n) is 3.58. The topological polar surface area (TPSA) is 63.0 Å². The molecule has 1 aliphatic rings. The highest BCUT2D eigenvalue weighted by atomic mass is 19.1. The van der Waals surface area contributed by atoms with E-state index < -0.39 is 17.2 Å². The zero-order chi connectivity index (χ0) is 14.9. The summed E-state index contributed by atoms with van der Waals surface area (Å²) in [5.74, 6) is -1.44. The molecule has 1 saturated carbocycles. The van der Waals surface area contributed by atoms with E-state index >= 15 is 0 Å². The van der Waals surface area contributed by atoms with Crippen molar-refractivity contribution in [3.05, 3.63) is 48.1 Å². The lowest BCUT2D eigenvalue weighted by molar-refractivity contribution is 0.0117. The van der Waals surface area contributed by atoms with Gasteiger partial charge in [0.05, 0.1) is 6.54 Å². The number of halogens is 2.